The minimum Gasteiger partial charge on any atom is -0.394 e. The van der Waals surface area contributed by atoms with Gasteiger partial charge in [-0.25, -0.2) is 10.4 Å². The van der Waals surface area contributed by atoms with Crippen molar-refractivity contribution in [2.75, 3.05) is 35.8 Å². The van der Waals surface area contributed by atoms with E-state index in [0.29, 0.717) is 24.3 Å². The number of aromatic nitrogens is 4. The number of rotatable bonds is 9. The predicted octanol–water partition coefficient (Wildman–Crippen LogP) is -0.486. The smallest absolute Gasteiger partial charge is 0.293 e. The van der Waals surface area contributed by atoms with Crippen LogP contribution in [0.15, 0.2) is 28.1 Å². The number of hydrogen-bond donors (Lipinski definition) is 6. The Hall–Kier alpha value is -4.12. The van der Waals surface area contributed by atoms with E-state index in [1.54, 1.807) is 12.1 Å². The van der Waals surface area contributed by atoms with Gasteiger partial charge < -0.3 is 30.7 Å². The Morgan fingerprint density at radius 2 is 2.05 bits per heavy atom. The normalized spacial score (nSPS) is 21.6. The second-order valence-electron chi connectivity index (χ2n) is 8.21. The van der Waals surface area contributed by atoms with Crippen LogP contribution in [-0.4, -0.2) is 84.0 Å². The molecule has 1 fully saturated rings. The number of imidazole rings is 1. The molecule has 3 heterocycles. The van der Waals surface area contributed by atoms with Gasteiger partial charge in [-0.2, -0.15) is 10.1 Å². The van der Waals surface area contributed by atoms with E-state index in [0.717, 1.165) is 0 Å². The summed E-state index contributed by atoms with van der Waals surface area (Å²) in [4.78, 5) is 36.0. The zero-order valence-electron chi connectivity index (χ0n) is 20.0. The summed E-state index contributed by atoms with van der Waals surface area (Å²) in [5.41, 5.74) is 8.23. The summed E-state index contributed by atoms with van der Waals surface area (Å²) in [5, 5.41) is 45.9. The van der Waals surface area contributed by atoms with Crippen molar-refractivity contribution in [2.45, 2.75) is 38.4 Å². The van der Waals surface area contributed by atoms with Gasteiger partial charge >= 0.3 is 0 Å². The summed E-state index contributed by atoms with van der Waals surface area (Å²) in [6, 6.07) is 4.67. The number of fused-ring (bicyclic) bond motifs is 1. The number of aliphatic hydroxyl groups excluding tert-OH is 3. The first kappa shape index (κ1) is 26.0. The Kier molecular flexibility index (Phi) is 7.35. The molecule has 198 valence electrons. The highest BCUT2D eigenvalue weighted by Gasteiger charge is 2.45. The van der Waals surface area contributed by atoms with Gasteiger partial charge in [0.15, 0.2) is 17.4 Å². The van der Waals surface area contributed by atoms with Crippen LogP contribution in [0.4, 0.5) is 23.3 Å². The summed E-state index contributed by atoms with van der Waals surface area (Å²) in [7, 11) is 0. The van der Waals surface area contributed by atoms with Crippen LogP contribution >= 0.6 is 0 Å². The van der Waals surface area contributed by atoms with Crippen LogP contribution in [0.3, 0.4) is 0 Å². The van der Waals surface area contributed by atoms with Crippen molar-refractivity contribution < 1.29 is 25.0 Å². The molecule has 0 bridgehead atoms. The maximum atomic E-state index is 12.4. The standard InChI is InChI=1S/C21H27N9O7/c1-3-28(4-2)11-6-5-10(7-12(11)30(35)36)8-23-27-21-24-14-17(25-20(22)26-18(14)34)29(21)19-16(33)15(32)13(9-31)37-19/h5-8,13,15-16,19,31-33H,3-4,9H2,1-2H3,(H,24,27)(H3,22,25,26,34)/b23-8-/t13-,15+,16+,19-/m1/s1. The topological polar surface area (TPSA) is 230 Å². The highest BCUT2D eigenvalue weighted by molar-refractivity contribution is 5.84. The molecule has 37 heavy (non-hydrogen) atoms. The molecule has 7 N–H and O–H groups in total. The fourth-order valence-electron chi connectivity index (χ4n) is 4.18. The molecule has 1 saturated heterocycles. The first-order valence-electron chi connectivity index (χ1n) is 11.4. The van der Waals surface area contributed by atoms with E-state index < -0.39 is 41.6 Å². The second-order valence-corrected chi connectivity index (χ2v) is 8.21. The van der Waals surface area contributed by atoms with Crippen molar-refractivity contribution in [3.63, 3.8) is 0 Å². The maximum absolute atomic E-state index is 12.4. The number of ether oxygens (including phenoxy) is 1. The lowest BCUT2D eigenvalue weighted by molar-refractivity contribution is -0.384. The quantitative estimate of drug-likeness (QED) is 0.120. The van der Waals surface area contributed by atoms with Crippen LogP contribution < -0.4 is 21.6 Å². The number of benzene rings is 1. The highest BCUT2D eigenvalue weighted by atomic mass is 16.6. The van der Waals surface area contributed by atoms with Crippen LogP contribution in [0, 0.1) is 10.1 Å². The summed E-state index contributed by atoms with van der Waals surface area (Å²) >= 11 is 0. The minimum absolute atomic E-state index is 0.0620. The summed E-state index contributed by atoms with van der Waals surface area (Å²) in [6.45, 7) is 4.43. The molecular weight excluding hydrogens is 490 g/mol. The van der Waals surface area contributed by atoms with Crippen LogP contribution in [0.5, 0.6) is 0 Å². The number of nitrogens with zero attached hydrogens (tertiary/aromatic N) is 6. The molecule has 0 amide bonds. The van der Waals surface area contributed by atoms with Crippen molar-refractivity contribution in [1.82, 2.24) is 19.5 Å². The molecule has 0 unspecified atom stereocenters. The third kappa shape index (κ3) is 4.82. The third-order valence-corrected chi connectivity index (χ3v) is 6.02. The van der Waals surface area contributed by atoms with E-state index in [-0.39, 0.29) is 28.7 Å². The van der Waals surface area contributed by atoms with Crippen molar-refractivity contribution in [1.29, 1.82) is 0 Å². The molecule has 1 aromatic carbocycles. The van der Waals surface area contributed by atoms with Gasteiger partial charge in [-0.1, -0.05) is 6.07 Å². The predicted molar refractivity (Wildman–Crippen MR) is 133 cm³/mol. The van der Waals surface area contributed by atoms with Gasteiger partial charge in [0.25, 0.3) is 11.2 Å². The number of nitro benzene ring substituents is 1. The zero-order chi connectivity index (χ0) is 26.9. The summed E-state index contributed by atoms with van der Waals surface area (Å²) in [6.07, 6.45) is -4.01. The number of nitrogen functional groups attached to an aromatic ring is 1. The molecule has 4 rings (SSSR count). The van der Waals surface area contributed by atoms with Gasteiger partial charge in [0, 0.05) is 24.7 Å². The molecule has 3 aromatic rings. The van der Waals surface area contributed by atoms with Crippen LogP contribution in [0.1, 0.15) is 25.6 Å². The van der Waals surface area contributed by atoms with E-state index in [1.165, 1.54) is 16.8 Å². The van der Waals surface area contributed by atoms with E-state index in [4.69, 9.17) is 10.5 Å². The van der Waals surface area contributed by atoms with E-state index in [9.17, 15) is 30.2 Å². The van der Waals surface area contributed by atoms with Crippen molar-refractivity contribution >= 4 is 40.6 Å². The zero-order valence-corrected chi connectivity index (χ0v) is 20.0. The molecule has 1 aliphatic rings. The van der Waals surface area contributed by atoms with Gasteiger partial charge in [0.2, 0.25) is 11.9 Å². The van der Waals surface area contributed by atoms with Crippen LogP contribution in [0.2, 0.25) is 0 Å². The third-order valence-electron chi connectivity index (χ3n) is 6.02. The average Bonchev–Trinajstić information content (AvgIpc) is 3.36. The van der Waals surface area contributed by atoms with Crippen molar-refractivity contribution in [3.05, 3.63) is 44.2 Å². The Labute approximate surface area is 209 Å². The Morgan fingerprint density at radius 3 is 2.68 bits per heavy atom. The van der Waals surface area contributed by atoms with Crippen LogP contribution in [-0.2, 0) is 4.74 Å². The molecule has 1 aliphatic heterocycles. The number of anilines is 3. The first-order chi connectivity index (χ1) is 17.7. The maximum Gasteiger partial charge on any atom is 0.293 e. The lowest BCUT2D eigenvalue weighted by atomic mass is 10.1. The second kappa shape index (κ2) is 10.5. The molecule has 0 spiro atoms. The van der Waals surface area contributed by atoms with E-state index in [2.05, 4.69) is 25.5 Å². The number of aliphatic hydroxyl groups is 3. The van der Waals surface area contributed by atoms with Gasteiger partial charge in [0.1, 0.15) is 24.0 Å². The number of aromatic amines is 1. The van der Waals surface area contributed by atoms with E-state index >= 15 is 0 Å². The SMILES string of the molecule is CCN(CC)c1ccc(/C=N\Nc2nc3c(=O)[nH]c(N)nc3n2[C@@H]2O[C@H](CO)[C@H](O)[C@@H]2O)cc1[N+](=O)[O-]. The molecule has 0 saturated carbocycles. The average molecular weight is 518 g/mol. The van der Waals surface area contributed by atoms with Crippen LogP contribution in [0.25, 0.3) is 11.2 Å². The monoisotopic (exact) mass is 517 g/mol. The fourth-order valence-corrected chi connectivity index (χ4v) is 4.18. The number of H-pyrrole nitrogens is 1. The van der Waals surface area contributed by atoms with Gasteiger partial charge in [-0.15, -0.1) is 0 Å². The van der Waals surface area contributed by atoms with Gasteiger partial charge in [0.05, 0.1) is 17.7 Å². The molecular formula is C21H27N9O7. The largest absolute Gasteiger partial charge is 0.394 e. The molecule has 4 atom stereocenters. The number of nitrogens with one attached hydrogen (secondary N) is 2. The first-order valence-corrected chi connectivity index (χ1v) is 11.4. The summed E-state index contributed by atoms with van der Waals surface area (Å²) in [5.74, 6) is -0.319. The van der Waals surface area contributed by atoms with Gasteiger partial charge in [-0.3, -0.25) is 24.5 Å². The lowest BCUT2D eigenvalue weighted by Gasteiger charge is -2.20. The Balaban J connectivity index is 1.71. The number of nitro groups is 1. The van der Waals surface area contributed by atoms with Crippen molar-refractivity contribution in [3.8, 4) is 0 Å². The molecule has 16 nitrogen and oxygen atoms in total. The molecule has 2 aromatic heterocycles. The Bertz CT molecular complexity index is 1380. The molecule has 0 aliphatic carbocycles. The highest BCUT2D eigenvalue weighted by Crippen LogP contribution is 2.34. The fraction of sp³-hybridized carbons (Fsp3) is 0.429. The van der Waals surface area contributed by atoms with E-state index in [1.807, 2.05) is 18.7 Å². The number of hydrazone groups is 1. The number of nitrogens with two attached hydrogens (primary N) is 1. The lowest BCUT2D eigenvalue weighted by Crippen LogP contribution is -2.33. The van der Waals surface area contributed by atoms with Crippen molar-refractivity contribution in [2.24, 2.45) is 5.10 Å². The molecule has 0 radical (unpaired) electrons. The van der Waals surface area contributed by atoms with Gasteiger partial charge in [-0.05, 0) is 19.9 Å². The number of hydrogen-bond acceptors (Lipinski definition) is 13. The Morgan fingerprint density at radius 1 is 1.32 bits per heavy atom. The minimum atomic E-state index is -1.50. The summed E-state index contributed by atoms with van der Waals surface area (Å²) < 4.78 is 6.77. The molecule has 16 heteroatoms.